The van der Waals surface area contributed by atoms with E-state index in [4.69, 9.17) is 27.9 Å². The van der Waals surface area contributed by atoms with E-state index >= 15 is 0 Å². The summed E-state index contributed by atoms with van der Waals surface area (Å²) < 4.78 is 5.35. The van der Waals surface area contributed by atoms with E-state index in [1.54, 1.807) is 19.2 Å². The Morgan fingerprint density at radius 1 is 1.00 bits per heavy atom. The van der Waals surface area contributed by atoms with E-state index in [-0.39, 0.29) is 0 Å². The fourth-order valence-electron chi connectivity index (χ4n) is 4.84. The summed E-state index contributed by atoms with van der Waals surface area (Å²) >= 11 is 12.5. The predicted octanol–water partition coefficient (Wildman–Crippen LogP) is 6.31. The van der Waals surface area contributed by atoms with Gasteiger partial charge in [0.15, 0.2) is 0 Å². The van der Waals surface area contributed by atoms with Crippen molar-refractivity contribution in [1.82, 2.24) is 9.88 Å². The minimum atomic E-state index is -1.10. The number of methoxy groups -OCH3 is 1. The lowest BCUT2D eigenvalue weighted by atomic mass is 9.74. The summed E-state index contributed by atoms with van der Waals surface area (Å²) in [5.74, 6) is 0.696. The van der Waals surface area contributed by atoms with Crippen LogP contribution >= 0.6 is 23.2 Å². The van der Waals surface area contributed by atoms with Crippen LogP contribution in [0.1, 0.15) is 22.4 Å². The molecule has 0 bridgehead atoms. The monoisotopic (exact) mass is 466 g/mol. The summed E-state index contributed by atoms with van der Waals surface area (Å²) in [7, 11) is 1.60. The Labute approximate surface area is 195 Å². The number of rotatable bonds is 3. The molecule has 1 aliphatic rings. The molecule has 1 amide bonds. The Morgan fingerprint density at radius 2 is 1.62 bits per heavy atom. The summed E-state index contributed by atoms with van der Waals surface area (Å²) in [4.78, 5) is 17.7. The van der Waals surface area contributed by atoms with Gasteiger partial charge in [0.1, 0.15) is 11.3 Å². The van der Waals surface area contributed by atoms with Crippen molar-refractivity contribution in [3.8, 4) is 5.75 Å². The highest BCUT2D eigenvalue weighted by Crippen LogP contribution is 2.48. The molecule has 0 saturated heterocycles. The first kappa shape index (κ1) is 20.7. The number of hydrogen-bond donors (Lipinski definition) is 2. The van der Waals surface area contributed by atoms with Crippen molar-refractivity contribution in [2.24, 2.45) is 0 Å². The van der Waals surface area contributed by atoms with Gasteiger partial charge in [-0.1, -0.05) is 47.5 Å². The molecule has 1 aliphatic heterocycles. The normalized spacial score (nSPS) is 17.9. The molecule has 4 aromatic rings. The van der Waals surface area contributed by atoms with E-state index in [2.05, 4.69) is 4.98 Å². The van der Waals surface area contributed by atoms with Crippen LogP contribution in [0, 0.1) is 0 Å². The maximum absolute atomic E-state index is 12.6. The minimum Gasteiger partial charge on any atom is -0.497 e. The Balaban J connectivity index is 1.90. The molecule has 2 heterocycles. The number of carbonyl (C=O) groups is 1. The molecule has 1 atom stereocenters. The summed E-state index contributed by atoms with van der Waals surface area (Å²) in [5.41, 5.74) is 3.30. The summed E-state index contributed by atoms with van der Waals surface area (Å²) in [6.07, 6.45) is -0.425. The average molecular weight is 467 g/mol. The van der Waals surface area contributed by atoms with E-state index in [1.165, 1.54) is 4.90 Å². The highest BCUT2D eigenvalue weighted by atomic mass is 35.5. The Hall–Kier alpha value is -3.15. The molecule has 7 heteroatoms. The molecule has 3 aromatic carbocycles. The Morgan fingerprint density at radius 3 is 2.25 bits per heavy atom. The predicted molar refractivity (Wildman–Crippen MR) is 126 cm³/mol. The number of halogens is 2. The van der Waals surface area contributed by atoms with Crippen molar-refractivity contribution < 1.29 is 14.6 Å². The number of aromatic nitrogens is 1. The molecule has 0 fully saturated rings. The van der Waals surface area contributed by atoms with Crippen molar-refractivity contribution >= 4 is 40.2 Å². The molecule has 32 heavy (non-hydrogen) atoms. The largest absolute Gasteiger partial charge is 0.497 e. The molecular weight excluding hydrogens is 447 g/mol. The van der Waals surface area contributed by atoms with E-state index in [9.17, 15) is 9.90 Å². The van der Waals surface area contributed by atoms with Crippen LogP contribution in [0.5, 0.6) is 5.75 Å². The number of benzene rings is 3. The first-order chi connectivity index (χ1) is 15.4. The third-order valence-corrected chi connectivity index (χ3v) is 6.71. The second-order valence-corrected chi connectivity index (χ2v) is 8.67. The molecule has 162 valence electrons. The van der Waals surface area contributed by atoms with Crippen LogP contribution < -0.4 is 4.74 Å². The topological polar surface area (TPSA) is 65.6 Å². The molecule has 2 N–H and O–H groups in total. The maximum atomic E-state index is 12.6. The smallest absolute Gasteiger partial charge is 0.408 e. The van der Waals surface area contributed by atoms with Crippen LogP contribution in [0.2, 0.25) is 10.0 Å². The number of nitrogens with zero attached hydrogens (tertiary/aromatic N) is 1. The summed E-state index contributed by atoms with van der Waals surface area (Å²) in [6.45, 7) is 0.330. The van der Waals surface area contributed by atoms with Crippen molar-refractivity contribution in [3.05, 3.63) is 99.2 Å². The zero-order valence-corrected chi connectivity index (χ0v) is 18.7. The lowest BCUT2D eigenvalue weighted by Gasteiger charge is -2.46. The van der Waals surface area contributed by atoms with Crippen molar-refractivity contribution in [1.29, 1.82) is 0 Å². The number of ether oxygens (including phenoxy) is 1. The van der Waals surface area contributed by atoms with Crippen LogP contribution in [0.3, 0.4) is 0 Å². The average Bonchev–Trinajstić information content (AvgIpc) is 3.17. The molecule has 0 aliphatic carbocycles. The van der Waals surface area contributed by atoms with Gasteiger partial charge in [-0.25, -0.2) is 4.79 Å². The van der Waals surface area contributed by atoms with Gasteiger partial charge in [0, 0.05) is 27.5 Å². The van der Waals surface area contributed by atoms with Crippen molar-refractivity contribution in [2.75, 3.05) is 13.7 Å². The number of nitrogens with one attached hydrogen (secondary N) is 1. The molecule has 5 nitrogen and oxygen atoms in total. The molecule has 1 aromatic heterocycles. The fourth-order valence-corrected chi connectivity index (χ4v) is 5.14. The van der Waals surface area contributed by atoms with Crippen molar-refractivity contribution in [3.63, 3.8) is 0 Å². The zero-order chi connectivity index (χ0) is 22.5. The van der Waals surface area contributed by atoms with E-state index in [0.717, 1.165) is 33.3 Å². The molecule has 5 rings (SSSR count). The lowest BCUT2D eigenvalue weighted by Crippen LogP contribution is -2.54. The molecule has 0 radical (unpaired) electrons. The second kappa shape index (κ2) is 7.76. The maximum Gasteiger partial charge on any atom is 0.408 e. The number of fused-ring (bicyclic) bond motifs is 3. The standard InChI is InChI=1S/C25H20Cl2N2O3/c1-32-19-9-4-16(5-10-19)25(15-2-6-17(26)7-3-15)23-20(12-13-29(25)24(30)31)21-14-18(27)8-11-22(21)28-23/h2-11,14,28H,12-13H2,1H3,(H,30,31)/t25-/m1/s1. The van der Waals surface area contributed by atoms with Gasteiger partial charge in [-0.2, -0.15) is 0 Å². The van der Waals surface area contributed by atoms with Gasteiger partial charge in [0.25, 0.3) is 0 Å². The SMILES string of the molecule is COc1ccc([C@]2(c3ccc(Cl)cc3)c3[nH]c4ccc(Cl)cc4c3CCN2C(=O)O)cc1. The van der Waals surface area contributed by atoms with Crippen molar-refractivity contribution in [2.45, 2.75) is 12.0 Å². The lowest BCUT2D eigenvalue weighted by molar-refractivity contribution is 0.102. The number of aromatic amines is 1. The van der Waals surface area contributed by atoms with E-state index < -0.39 is 11.6 Å². The van der Waals surface area contributed by atoms with Gasteiger partial charge in [-0.05, 0) is 65.6 Å². The number of amides is 1. The van der Waals surface area contributed by atoms with Gasteiger partial charge >= 0.3 is 6.09 Å². The fraction of sp³-hybridized carbons (Fsp3) is 0.160. The van der Waals surface area contributed by atoms with Crippen LogP contribution in [-0.2, 0) is 12.0 Å². The molecule has 0 unspecified atom stereocenters. The quantitative estimate of drug-likeness (QED) is 0.371. The third kappa shape index (κ3) is 3.04. The first-order valence-electron chi connectivity index (χ1n) is 10.2. The van der Waals surface area contributed by atoms with Gasteiger partial charge < -0.3 is 14.8 Å². The summed E-state index contributed by atoms with van der Waals surface area (Å²) in [6, 6.07) is 20.6. The molecule has 0 spiro atoms. The number of carboxylic acid groups (broad SMARTS) is 1. The van der Waals surface area contributed by atoms with Crippen LogP contribution in [0.15, 0.2) is 66.7 Å². The highest BCUT2D eigenvalue weighted by molar-refractivity contribution is 6.31. The Bertz CT molecular complexity index is 1320. The third-order valence-electron chi connectivity index (χ3n) is 6.22. The van der Waals surface area contributed by atoms with E-state index in [0.29, 0.717) is 28.8 Å². The highest BCUT2D eigenvalue weighted by Gasteiger charge is 2.50. The second-order valence-electron chi connectivity index (χ2n) is 7.80. The van der Waals surface area contributed by atoms with Gasteiger partial charge in [0.05, 0.1) is 12.8 Å². The molecule has 0 saturated carbocycles. The van der Waals surface area contributed by atoms with Crippen LogP contribution in [0.4, 0.5) is 4.79 Å². The first-order valence-corrected chi connectivity index (χ1v) is 10.9. The van der Waals surface area contributed by atoms with Crippen LogP contribution in [-0.4, -0.2) is 34.7 Å². The van der Waals surface area contributed by atoms with Gasteiger partial charge in [-0.3, -0.25) is 4.90 Å². The summed E-state index contributed by atoms with van der Waals surface area (Å²) in [5, 5.41) is 12.6. The van der Waals surface area contributed by atoms with Crippen LogP contribution in [0.25, 0.3) is 10.9 Å². The zero-order valence-electron chi connectivity index (χ0n) is 17.2. The van der Waals surface area contributed by atoms with Gasteiger partial charge in [-0.15, -0.1) is 0 Å². The molecular formula is C25H20Cl2N2O3. The van der Waals surface area contributed by atoms with E-state index in [1.807, 2.05) is 54.6 Å². The minimum absolute atomic E-state index is 0.330. The number of hydrogen-bond acceptors (Lipinski definition) is 2. The number of H-pyrrole nitrogens is 1. The Kier molecular flexibility index (Phi) is 5.03. The van der Waals surface area contributed by atoms with Gasteiger partial charge in [0.2, 0.25) is 0 Å².